The predicted octanol–water partition coefficient (Wildman–Crippen LogP) is 5.89. The van der Waals surface area contributed by atoms with E-state index in [0.29, 0.717) is 5.02 Å². The number of aliphatic hydroxyl groups is 1. The minimum absolute atomic E-state index is 0.371. The Hall–Kier alpha value is -0.0500. The molecule has 1 N–H and O–H groups in total. The molecule has 0 aliphatic carbocycles. The normalized spacial score (nSPS) is 12.7. The molecule has 18 heavy (non-hydrogen) atoms. The van der Waals surface area contributed by atoms with Gasteiger partial charge in [0.25, 0.3) is 0 Å². The Morgan fingerprint density at radius 3 is 2.50 bits per heavy atom. The van der Waals surface area contributed by atoms with Gasteiger partial charge in [0, 0.05) is 4.47 Å². The molecule has 1 unspecified atom stereocenters. The molecule has 1 rings (SSSR count). The van der Waals surface area contributed by atoms with Crippen LogP contribution in [0.4, 0.5) is 0 Å². The van der Waals surface area contributed by atoms with E-state index in [9.17, 15) is 5.11 Å². The molecule has 0 amide bonds. The van der Waals surface area contributed by atoms with E-state index in [2.05, 4.69) is 22.9 Å². The Kier molecular flexibility index (Phi) is 7.96. The van der Waals surface area contributed by atoms with E-state index >= 15 is 0 Å². The first-order valence-electron chi connectivity index (χ1n) is 6.78. The molecule has 0 fully saturated rings. The summed E-state index contributed by atoms with van der Waals surface area (Å²) in [7, 11) is 0. The zero-order chi connectivity index (χ0) is 13.4. The summed E-state index contributed by atoms with van der Waals surface area (Å²) in [6, 6.07) is 5.63. The second-order valence-electron chi connectivity index (χ2n) is 4.75. The Labute approximate surface area is 124 Å². The highest BCUT2D eigenvalue weighted by Gasteiger charge is 2.08. The number of benzene rings is 1. The molecule has 1 nitrogen and oxygen atoms in total. The van der Waals surface area contributed by atoms with Crippen LogP contribution in [0.2, 0.25) is 5.02 Å². The SMILES string of the molecule is CCCCCCCCC(O)c1ccc(Cl)c(Br)c1. The predicted molar refractivity (Wildman–Crippen MR) is 82.1 cm³/mol. The highest BCUT2D eigenvalue weighted by molar-refractivity contribution is 9.10. The van der Waals surface area contributed by atoms with Crippen molar-refractivity contribution in [3.05, 3.63) is 33.3 Å². The van der Waals surface area contributed by atoms with Crippen LogP contribution >= 0.6 is 27.5 Å². The van der Waals surface area contributed by atoms with Crippen LogP contribution in [-0.2, 0) is 0 Å². The lowest BCUT2D eigenvalue weighted by atomic mass is 10.0. The summed E-state index contributed by atoms with van der Waals surface area (Å²) in [5.41, 5.74) is 0.944. The van der Waals surface area contributed by atoms with Gasteiger partial charge >= 0.3 is 0 Å². The largest absolute Gasteiger partial charge is 0.388 e. The van der Waals surface area contributed by atoms with Gasteiger partial charge in [0.1, 0.15) is 0 Å². The van der Waals surface area contributed by atoms with E-state index in [1.54, 1.807) is 0 Å². The van der Waals surface area contributed by atoms with Gasteiger partial charge in [-0.05, 0) is 40.0 Å². The zero-order valence-corrected chi connectivity index (χ0v) is 13.3. The van der Waals surface area contributed by atoms with Crippen LogP contribution < -0.4 is 0 Å². The Balaban J connectivity index is 2.27. The monoisotopic (exact) mass is 332 g/mol. The third-order valence-electron chi connectivity index (χ3n) is 3.16. The standard InChI is InChI=1S/C15H22BrClO/c1-2-3-4-5-6-7-8-15(18)12-9-10-14(17)13(16)11-12/h9-11,15,18H,2-8H2,1H3. The summed E-state index contributed by atoms with van der Waals surface area (Å²) in [5.74, 6) is 0. The molecule has 0 aliphatic rings. The maximum atomic E-state index is 10.1. The molecule has 1 aromatic carbocycles. The van der Waals surface area contributed by atoms with Crippen molar-refractivity contribution < 1.29 is 5.11 Å². The number of aliphatic hydroxyl groups excluding tert-OH is 1. The van der Waals surface area contributed by atoms with Gasteiger partial charge in [-0.25, -0.2) is 0 Å². The lowest BCUT2D eigenvalue weighted by Crippen LogP contribution is -1.97. The van der Waals surface area contributed by atoms with Crippen molar-refractivity contribution in [1.29, 1.82) is 0 Å². The summed E-state index contributed by atoms with van der Waals surface area (Å²) >= 11 is 9.31. The molecule has 1 aromatic rings. The third-order valence-corrected chi connectivity index (χ3v) is 4.37. The van der Waals surface area contributed by atoms with E-state index < -0.39 is 0 Å². The Bertz CT molecular complexity index is 354. The Morgan fingerprint density at radius 2 is 1.83 bits per heavy atom. The van der Waals surface area contributed by atoms with Crippen LogP contribution in [0, 0.1) is 0 Å². The van der Waals surface area contributed by atoms with Gasteiger partial charge in [0.05, 0.1) is 11.1 Å². The molecule has 0 spiro atoms. The van der Waals surface area contributed by atoms with Crippen molar-refractivity contribution in [2.24, 2.45) is 0 Å². The third kappa shape index (κ3) is 5.73. The van der Waals surface area contributed by atoms with Crippen molar-refractivity contribution in [3.63, 3.8) is 0 Å². The molecule has 1 atom stereocenters. The van der Waals surface area contributed by atoms with Gasteiger partial charge in [-0.15, -0.1) is 0 Å². The summed E-state index contributed by atoms with van der Waals surface area (Å²) < 4.78 is 0.851. The molecule has 3 heteroatoms. The van der Waals surface area contributed by atoms with Gasteiger partial charge < -0.3 is 5.11 Å². The van der Waals surface area contributed by atoms with Crippen LogP contribution in [0.5, 0.6) is 0 Å². The lowest BCUT2D eigenvalue weighted by molar-refractivity contribution is 0.163. The van der Waals surface area contributed by atoms with Crippen molar-refractivity contribution in [2.45, 2.75) is 58.0 Å². The molecular formula is C15H22BrClO. The minimum Gasteiger partial charge on any atom is -0.388 e. The first kappa shape index (κ1) is 16.0. The van der Waals surface area contributed by atoms with E-state index in [-0.39, 0.29) is 6.10 Å². The van der Waals surface area contributed by atoms with E-state index in [1.165, 1.54) is 32.1 Å². The van der Waals surface area contributed by atoms with Gasteiger partial charge in [0.15, 0.2) is 0 Å². The maximum absolute atomic E-state index is 10.1. The summed E-state index contributed by atoms with van der Waals surface area (Å²) in [4.78, 5) is 0. The summed E-state index contributed by atoms with van der Waals surface area (Å²) in [5, 5.41) is 10.8. The molecule has 0 radical (unpaired) electrons. The molecule has 102 valence electrons. The highest BCUT2D eigenvalue weighted by Crippen LogP contribution is 2.28. The van der Waals surface area contributed by atoms with Crippen LogP contribution in [0.25, 0.3) is 0 Å². The topological polar surface area (TPSA) is 20.2 Å². The molecular weight excluding hydrogens is 312 g/mol. The smallest absolute Gasteiger partial charge is 0.0790 e. The molecule has 0 saturated heterocycles. The molecule has 0 heterocycles. The molecule has 0 aliphatic heterocycles. The average Bonchev–Trinajstić information content (AvgIpc) is 2.36. The fourth-order valence-corrected chi connectivity index (χ4v) is 2.52. The number of rotatable bonds is 8. The van der Waals surface area contributed by atoms with Crippen LogP contribution in [-0.4, -0.2) is 5.11 Å². The van der Waals surface area contributed by atoms with E-state index in [1.807, 2.05) is 18.2 Å². The second-order valence-corrected chi connectivity index (χ2v) is 6.01. The van der Waals surface area contributed by atoms with Crippen LogP contribution in [0.1, 0.15) is 63.5 Å². The highest BCUT2D eigenvalue weighted by atomic mass is 79.9. The molecule has 0 aromatic heterocycles. The van der Waals surface area contributed by atoms with Gasteiger partial charge in [-0.2, -0.15) is 0 Å². The van der Waals surface area contributed by atoms with E-state index in [4.69, 9.17) is 11.6 Å². The van der Waals surface area contributed by atoms with Gasteiger partial charge in [0.2, 0.25) is 0 Å². The minimum atomic E-state index is -0.371. The number of halogens is 2. The fourth-order valence-electron chi connectivity index (χ4n) is 2.00. The fraction of sp³-hybridized carbons (Fsp3) is 0.600. The number of hydrogen-bond donors (Lipinski definition) is 1. The zero-order valence-electron chi connectivity index (χ0n) is 11.0. The average molecular weight is 334 g/mol. The Morgan fingerprint density at radius 1 is 1.17 bits per heavy atom. The quantitative estimate of drug-likeness (QED) is 0.588. The van der Waals surface area contributed by atoms with Crippen LogP contribution in [0.15, 0.2) is 22.7 Å². The van der Waals surface area contributed by atoms with Gasteiger partial charge in [-0.3, -0.25) is 0 Å². The first-order valence-corrected chi connectivity index (χ1v) is 7.95. The number of hydrogen-bond acceptors (Lipinski definition) is 1. The number of unbranched alkanes of at least 4 members (excludes halogenated alkanes) is 5. The second kappa shape index (κ2) is 8.95. The first-order chi connectivity index (χ1) is 8.65. The summed E-state index contributed by atoms with van der Waals surface area (Å²) in [6.07, 6.45) is 7.97. The molecule has 0 bridgehead atoms. The lowest BCUT2D eigenvalue weighted by Gasteiger charge is -2.11. The molecule has 0 saturated carbocycles. The van der Waals surface area contributed by atoms with Crippen molar-refractivity contribution in [2.75, 3.05) is 0 Å². The summed E-state index contributed by atoms with van der Waals surface area (Å²) in [6.45, 7) is 2.22. The van der Waals surface area contributed by atoms with Gasteiger partial charge in [-0.1, -0.05) is 63.1 Å². The maximum Gasteiger partial charge on any atom is 0.0790 e. The van der Waals surface area contributed by atoms with E-state index in [0.717, 1.165) is 22.9 Å². The van der Waals surface area contributed by atoms with Crippen molar-refractivity contribution in [3.8, 4) is 0 Å². The van der Waals surface area contributed by atoms with Crippen molar-refractivity contribution in [1.82, 2.24) is 0 Å². The van der Waals surface area contributed by atoms with Crippen molar-refractivity contribution >= 4 is 27.5 Å². The van der Waals surface area contributed by atoms with Crippen LogP contribution in [0.3, 0.4) is 0 Å².